The van der Waals surface area contributed by atoms with Gasteiger partial charge in [0.2, 0.25) is 0 Å². The molecule has 0 aliphatic carbocycles. The van der Waals surface area contributed by atoms with Crippen LogP contribution in [0.3, 0.4) is 0 Å². The first kappa shape index (κ1) is 13.7. The van der Waals surface area contributed by atoms with Crippen LogP contribution in [-0.4, -0.2) is 26.2 Å². The highest BCUT2D eigenvalue weighted by Crippen LogP contribution is 2.30. The number of nitro groups is 1. The van der Waals surface area contributed by atoms with Crippen LogP contribution in [0.15, 0.2) is 36.9 Å². The normalized spacial score (nSPS) is 11.8. The Morgan fingerprint density at radius 3 is 2.90 bits per heavy atom. The molecule has 1 aromatic carbocycles. The van der Waals surface area contributed by atoms with E-state index in [2.05, 4.69) is 4.98 Å². The van der Waals surface area contributed by atoms with E-state index in [-0.39, 0.29) is 23.9 Å². The number of nitriles is 1. The number of nitrogens with zero attached hydrogens (tertiary/aromatic N) is 4. The summed E-state index contributed by atoms with van der Waals surface area (Å²) >= 11 is 0. The molecule has 0 bridgehead atoms. The van der Waals surface area contributed by atoms with Crippen molar-refractivity contribution in [3.63, 3.8) is 0 Å². The van der Waals surface area contributed by atoms with E-state index in [9.17, 15) is 20.5 Å². The van der Waals surface area contributed by atoms with Crippen molar-refractivity contribution in [1.82, 2.24) is 9.55 Å². The van der Waals surface area contributed by atoms with Crippen LogP contribution >= 0.6 is 0 Å². The SMILES string of the molecule is N#Cc1c(C(CCO)n2ccnc2)cccc1[N+](=O)[O-]. The lowest BCUT2D eigenvalue weighted by Crippen LogP contribution is -2.13. The van der Waals surface area contributed by atoms with Crippen LogP contribution in [-0.2, 0) is 0 Å². The van der Waals surface area contributed by atoms with Crippen molar-refractivity contribution in [2.45, 2.75) is 12.5 Å². The van der Waals surface area contributed by atoms with Crippen LogP contribution in [0.25, 0.3) is 0 Å². The number of benzene rings is 1. The third kappa shape index (κ3) is 2.50. The van der Waals surface area contributed by atoms with Gasteiger partial charge in [0.1, 0.15) is 11.6 Å². The molecule has 0 amide bonds. The van der Waals surface area contributed by atoms with Gasteiger partial charge in [-0.15, -0.1) is 0 Å². The fraction of sp³-hybridized carbons (Fsp3) is 0.231. The van der Waals surface area contributed by atoms with Gasteiger partial charge in [-0.3, -0.25) is 10.1 Å². The van der Waals surface area contributed by atoms with Gasteiger partial charge in [-0.2, -0.15) is 5.26 Å². The van der Waals surface area contributed by atoms with E-state index in [1.807, 2.05) is 6.07 Å². The predicted molar refractivity (Wildman–Crippen MR) is 69.9 cm³/mol. The zero-order valence-electron chi connectivity index (χ0n) is 10.5. The zero-order valence-corrected chi connectivity index (χ0v) is 10.5. The van der Waals surface area contributed by atoms with Crippen LogP contribution in [0.1, 0.15) is 23.6 Å². The zero-order chi connectivity index (χ0) is 14.5. The molecule has 0 aliphatic rings. The maximum Gasteiger partial charge on any atom is 0.287 e. The van der Waals surface area contributed by atoms with E-state index in [4.69, 9.17) is 0 Å². The van der Waals surface area contributed by atoms with Crippen molar-refractivity contribution in [2.24, 2.45) is 0 Å². The standard InChI is InChI=1S/C13H12N4O3/c14-8-11-10(2-1-3-13(11)17(19)20)12(4-7-18)16-6-5-15-9-16/h1-3,5-6,9,12,18H,4,7H2. The quantitative estimate of drug-likeness (QED) is 0.657. The number of hydrogen-bond donors (Lipinski definition) is 1. The molecule has 1 unspecified atom stereocenters. The van der Waals surface area contributed by atoms with E-state index in [0.29, 0.717) is 12.0 Å². The van der Waals surface area contributed by atoms with Crippen LogP contribution in [0.4, 0.5) is 5.69 Å². The molecule has 1 atom stereocenters. The van der Waals surface area contributed by atoms with Crippen LogP contribution in [0.5, 0.6) is 0 Å². The van der Waals surface area contributed by atoms with Crippen molar-refractivity contribution < 1.29 is 10.0 Å². The summed E-state index contributed by atoms with van der Waals surface area (Å²) in [6, 6.07) is 6.02. The fourth-order valence-electron chi connectivity index (χ4n) is 2.15. The van der Waals surface area contributed by atoms with Crippen molar-refractivity contribution in [3.05, 3.63) is 58.2 Å². The molecule has 0 spiro atoms. The highest BCUT2D eigenvalue weighted by molar-refractivity contribution is 5.54. The minimum atomic E-state index is -0.577. The average Bonchev–Trinajstić information content (AvgIpc) is 2.97. The summed E-state index contributed by atoms with van der Waals surface area (Å²) in [5, 5.41) is 29.4. The minimum Gasteiger partial charge on any atom is -0.396 e. The summed E-state index contributed by atoms with van der Waals surface area (Å²) in [4.78, 5) is 14.3. The van der Waals surface area contributed by atoms with Gasteiger partial charge in [-0.1, -0.05) is 12.1 Å². The van der Waals surface area contributed by atoms with Crippen molar-refractivity contribution in [1.29, 1.82) is 5.26 Å². The Kier molecular flexibility index (Phi) is 4.08. The summed E-state index contributed by atoms with van der Waals surface area (Å²) in [6.45, 7) is -0.101. The van der Waals surface area contributed by atoms with Gasteiger partial charge in [0.05, 0.1) is 17.3 Å². The molecule has 102 valence electrons. The number of hydrogen-bond acceptors (Lipinski definition) is 5. The minimum absolute atomic E-state index is 0.0182. The molecule has 0 radical (unpaired) electrons. The van der Waals surface area contributed by atoms with Gasteiger partial charge in [0.25, 0.3) is 5.69 Å². The number of imidazole rings is 1. The van der Waals surface area contributed by atoms with Crippen LogP contribution < -0.4 is 0 Å². The van der Waals surface area contributed by atoms with Gasteiger partial charge in [-0.25, -0.2) is 4.98 Å². The molecule has 1 N–H and O–H groups in total. The fourth-order valence-corrected chi connectivity index (χ4v) is 2.15. The Bertz CT molecular complexity index is 646. The monoisotopic (exact) mass is 272 g/mol. The number of aromatic nitrogens is 2. The molecular formula is C13H12N4O3. The Balaban J connectivity index is 2.57. The molecule has 0 aliphatic heterocycles. The Hall–Kier alpha value is -2.72. The van der Waals surface area contributed by atoms with E-state index < -0.39 is 4.92 Å². The molecule has 1 aromatic heterocycles. The van der Waals surface area contributed by atoms with Gasteiger partial charge < -0.3 is 9.67 Å². The first-order chi connectivity index (χ1) is 9.69. The predicted octanol–water partition coefficient (Wildman–Crippen LogP) is 1.63. The second-order valence-electron chi connectivity index (χ2n) is 4.15. The smallest absolute Gasteiger partial charge is 0.287 e. The molecule has 0 saturated heterocycles. The van der Waals surface area contributed by atoms with E-state index in [1.54, 1.807) is 29.4 Å². The Morgan fingerprint density at radius 1 is 1.55 bits per heavy atom. The summed E-state index contributed by atoms with van der Waals surface area (Å²) in [6.07, 6.45) is 5.17. The number of aliphatic hydroxyl groups excluding tert-OH is 1. The maximum absolute atomic E-state index is 11.0. The molecule has 2 aromatic rings. The first-order valence-electron chi connectivity index (χ1n) is 5.94. The van der Waals surface area contributed by atoms with Crippen molar-refractivity contribution in [3.8, 4) is 6.07 Å². The second-order valence-corrected chi connectivity index (χ2v) is 4.15. The summed E-state index contributed by atoms with van der Waals surface area (Å²) in [5.41, 5.74) is 0.298. The first-order valence-corrected chi connectivity index (χ1v) is 5.94. The van der Waals surface area contributed by atoms with Crippen molar-refractivity contribution >= 4 is 5.69 Å². The van der Waals surface area contributed by atoms with Gasteiger partial charge in [-0.05, 0) is 12.0 Å². The highest BCUT2D eigenvalue weighted by atomic mass is 16.6. The summed E-state index contributed by atoms with van der Waals surface area (Å²) in [7, 11) is 0. The lowest BCUT2D eigenvalue weighted by atomic mass is 9.97. The van der Waals surface area contributed by atoms with Gasteiger partial charge in [0, 0.05) is 25.1 Å². The van der Waals surface area contributed by atoms with Gasteiger partial charge >= 0.3 is 0 Å². The van der Waals surface area contributed by atoms with E-state index in [1.165, 1.54) is 12.1 Å². The third-order valence-electron chi connectivity index (χ3n) is 3.03. The Morgan fingerprint density at radius 2 is 2.35 bits per heavy atom. The van der Waals surface area contributed by atoms with Gasteiger partial charge in [0.15, 0.2) is 0 Å². The maximum atomic E-state index is 11.0. The number of rotatable bonds is 5. The van der Waals surface area contributed by atoms with Crippen LogP contribution in [0, 0.1) is 21.4 Å². The Labute approximate surface area is 114 Å². The molecule has 0 fully saturated rings. The topological polar surface area (TPSA) is 105 Å². The lowest BCUT2D eigenvalue weighted by molar-refractivity contribution is -0.385. The molecule has 7 heteroatoms. The molecule has 7 nitrogen and oxygen atoms in total. The average molecular weight is 272 g/mol. The second kappa shape index (κ2) is 5.95. The third-order valence-corrected chi connectivity index (χ3v) is 3.03. The molecule has 2 rings (SSSR count). The highest BCUT2D eigenvalue weighted by Gasteiger charge is 2.23. The van der Waals surface area contributed by atoms with E-state index >= 15 is 0 Å². The summed E-state index contributed by atoms with van der Waals surface area (Å²) in [5.74, 6) is 0. The molecular weight excluding hydrogens is 260 g/mol. The molecule has 20 heavy (non-hydrogen) atoms. The van der Waals surface area contributed by atoms with Crippen molar-refractivity contribution in [2.75, 3.05) is 6.61 Å². The number of nitro benzene ring substituents is 1. The summed E-state index contributed by atoms with van der Waals surface area (Å²) < 4.78 is 1.72. The molecule has 0 saturated carbocycles. The van der Waals surface area contributed by atoms with Crippen LogP contribution in [0.2, 0.25) is 0 Å². The lowest BCUT2D eigenvalue weighted by Gasteiger charge is -2.18. The largest absolute Gasteiger partial charge is 0.396 e. The number of aliphatic hydroxyl groups is 1. The van der Waals surface area contributed by atoms with E-state index in [0.717, 1.165) is 0 Å². The molecule has 1 heterocycles.